The van der Waals surface area contributed by atoms with Crippen LogP contribution in [0.25, 0.3) is 0 Å². The van der Waals surface area contributed by atoms with Gasteiger partial charge in [-0.05, 0) is 52.7 Å². The maximum absolute atomic E-state index is 13.3. The second-order valence-corrected chi connectivity index (χ2v) is 9.18. The number of rotatable bonds is 7. The molecular weight excluding hydrogens is 446 g/mol. The largest absolute Gasteiger partial charge is 0.463 e. The molecule has 0 saturated carbocycles. The highest BCUT2D eigenvalue weighted by molar-refractivity contribution is 5.95. The van der Waals surface area contributed by atoms with Crippen molar-refractivity contribution in [2.24, 2.45) is 0 Å². The Morgan fingerprint density at radius 3 is 2.54 bits per heavy atom. The zero-order valence-electron chi connectivity index (χ0n) is 21.8. The number of carbonyl (C=O) groups is 3. The molecule has 0 bridgehead atoms. The van der Waals surface area contributed by atoms with Crippen LogP contribution in [0.15, 0.2) is 29.5 Å². The number of carbonyl (C=O) groups excluding carboxylic acids is 3. The summed E-state index contributed by atoms with van der Waals surface area (Å²) in [5.74, 6) is -0.416. The Morgan fingerprint density at radius 2 is 1.91 bits per heavy atom. The Morgan fingerprint density at radius 1 is 1.17 bits per heavy atom. The number of hydrogen-bond acceptors (Lipinski definition) is 5. The molecular formula is C26H39N5O4. The number of likely N-dealkylation sites (N-methyl/N-ethyl adjacent to an activating group) is 1. The first kappa shape index (κ1) is 26.5. The normalized spacial score (nSPS) is 21.1. The van der Waals surface area contributed by atoms with E-state index in [-0.39, 0.29) is 24.7 Å². The number of nitrogens with zero attached hydrogens (tertiary/aromatic N) is 3. The van der Waals surface area contributed by atoms with Crippen LogP contribution in [0.2, 0.25) is 0 Å². The predicted molar refractivity (Wildman–Crippen MR) is 135 cm³/mol. The number of esters is 1. The lowest BCUT2D eigenvalue weighted by Gasteiger charge is -2.43. The number of ether oxygens (including phenoxy) is 1. The van der Waals surface area contributed by atoms with Crippen LogP contribution in [0, 0.1) is 13.8 Å². The van der Waals surface area contributed by atoms with Crippen LogP contribution in [0.3, 0.4) is 0 Å². The fourth-order valence-electron chi connectivity index (χ4n) is 4.90. The first-order chi connectivity index (χ1) is 16.7. The molecule has 9 nitrogen and oxygen atoms in total. The zero-order valence-corrected chi connectivity index (χ0v) is 21.8. The summed E-state index contributed by atoms with van der Waals surface area (Å²) in [5.41, 5.74) is 4.08. The molecule has 2 N–H and O–H groups in total. The van der Waals surface area contributed by atoms with Crippen molar-refractivity contribution in [2.75, 3.05) is 45.9 Å². The monoisotopic (exact) mass is 485 g/mol. The molecule has 3 rings (SSSR count). The molecule has 2 aliphatic rings. The Labute approximate surface area is 208 Å². The maximum atomic E-state index is 13.3. The molecule has 1 aromatic rings. The Bertz CT molecular complexity index is 992. The summed E-state index contributed by atoms with van der Waals surface area (Å²) in [6.45, 7) is 15.1. The lowest BCUT2D eigenvalue weighted by Crippen LogP contribution is -2.58. The molecule has 1 aromatic carbocycles. The Kier molecular flexibility index (Phi) is 8.77. The number of piperazine rings is 1. The molecule has 35 heavy (non-hydrogen) atoms. The van der Waals surface area contributed by atoms with Gasteiger partial charge in [0, 0.05) is 51.0 Å². The van der Waals surface area contributed by atoms with Crippen molar-refractivity contribution in [3.63, 3.8) is 0 Å². The van der Waals surface area contributed by atoms with Gasteiger partial charge in [0.1, 0.15) is 0 Å². The van der Waals surface area contributed by atoms with Crippen LogP contribution in [-0.4, -0.2) is 84.6 Å². The van der Waals surface area contributed by atoms with E-state index in [1.54, 1.807) is 11.8 Å². The van der Waals surface area contributed by atoms with Crippen molar-refractivity contribution < 1.29 is 19.1 Å². The van der Waals surface area contributed by atoms with E-state index in [1.165, 1.54) is 0 Å². The third kappa shape index (κ3) is 5.78. The number of benzene rings is 1. The maximum Gasteiger partial charge on any atom is 0.338 e. The van der Waals surface area contributed by atoms with Crippen molar-refractivity contribution in [3.05, 3.63) is 46.2 Å². The summed E-state index contributed by atoms with van der Waals surface area (Å²) < 4.78 is 5.49. The van der Waals surface area contributed by atoms with Crippen LogP contribution in [-0.2, 0) is 9.53 Å². The van der Waals surface area contributed by atoms with Crippen LogP contribution < -0.4 is 10.6 Å². The van der Waals surface area contributed by atoms with Gasteiger partial charge >= 0.3 is 18.0 Å². The molecule has 0 aliphatic carbocycles. The van der Waals surface area contributed by atoms with Gasteiger partial charge < -0.3 is 20.3 Å². The molecule has 2 aliphatic heterocycles. The molecule has 0 aromatic heterocycles. The molecule has 0 spiro atoms. The van der Waals surface area contributed by atoms with E-state index in [0.29, 0.717) is 50.5 Å². The molecule has 2 atom stereocenters. The summed E-state index contributed by atoms with van der Waals surface area (Å²) >= 11 is 0. The summed E-state index contributed by atoms with van der Waals surface area (Å²) in [5, 5.41) is 5.92. The highest BCUT2D eigenvalue weighted by Crippen LogP contribution is 2.34. The number of nitrogens with one attached hydrogen (secondary N) is 2. The van der Waals surface area contributed by atoms with Crippen LogP contribution in [0.5, 0.6) is 0 Å². The van der Waals surface area contributed by atoms with Gasteiger partial charge in [-0.2, -0.15) is 0 Å². The van der Waals surface area contributed by atoms with E-state index in [0.717, 1.165) is 16.7 Å². The fraction of sp³-hybridized carbons (Fsp3) is 0.577. The Hall–Kier alpha value is -3.07. The molecule has 1 fully saturated rings. The zero-order chi connectivity index (χ0) is 25.7. The van der Waals surface area contributed by atoms with Crippen LogP contribution in [0.4, 0.5) is 9.59 Å². The third-order valence-corrected chi connectivity index (χ3v) is 6.67. The minimum absolute atomic E-state index is 0.00394. The quantitative estimate of drug-likeness (QED) is 0.579. The standard InChI is InChI=1S/C26H39N5O4/c1-7-27-25(33)31-13-12-29(15-19(31)6)16-21-22(24(32)35-9-3)23(28-26(34)30(21)8-2)20-14-17(4)10-11-18(20)5/h10-11,14,19,23H,7-9,12-13,15-16H2,1-6H3,(H,27,33)(H,28,34). The molecule has 0 radical (unpaired) electrons. The van der Waals surface area contributed by atoms with E-state index in [1.807, 2.05) is 57.7 Å². The minimum atomic E-state index is -0.590. The highest BCUT2D eigenvalue weighted by atomic mass is 16.5. The van der Waals surface area contributed by atoms with E-state index in [4.69, 9.17) is 4.74 Å². The van der Waals surface area contributed by atoms with Crippen molar-refractivity contribution in [1.82, 2.24) is 25.3 Å². The van der Waals surface area contributed by atoms with Crippen molar-refractivity contribution in [2.45, 2.75) is 53.6 Å². The molecule has 2 unspecified atom stereocenters. The number of hydrogen-bond donors (Lipinski definition) is 2. The van der Waals surface area contributed by atoms with Gasteiger partial charge in [-0.15, -0.1) is 0 Å². The molecule has 9 heteroatoms. The lowest BCUT2D eigenvalue weighted by molar-refractivity contribution is -0.139. The second-order valence-electron chi connectivity index (χ2n) is 9.18. The number of aryl methyl sites for hydroxylation is 2. The van der Waals surface area contributed by atoms with E-state index < -0.39 is 12.0 Å². The summed E-state index contributed by atoms with van der Waals surface area (Å²) in [6.07, 6.45) is 0. The molecule has 1 saturated heterocycles. The predicted octanol–water partition coefficient (Wildman–Crippen LogP) is 2.94. The summed E-state index contributed by atoms with van der Waals surface area (Å²) in [6, 6.07) is 5.17. The highest BCUT2D eigenvalue weighted by Gasteiger charge is 2.39. The molecule has 192 valence electrons. The van der Waals surface area contributed by atoms with Crippen molar-refractivity contribution >= 4 is 18.0 Å². The Balaban J connectivity index is 2.00. The van der Waals surface area contributed by atoms with E-state index >= 15 is 0 Å². The topological polar surface area (TPSA) is 94.2 Å². The van der Waals surface area contributed by atoms with Gasteiger partial charge in [-0.25, -0.2) is 14.4 Å². The van der Waals surface area contributed by atoms with Gasteiger partial charge in [0.05, 0.1) is 18.2 Å². The van der Waals surface area contributed by atoms with Gasteiger partial charge in [0.15, 0.2) is 0 Å². The van der Waals surface area contributed by atoms with E-state index in [2.05, 4.69) is 15.5 Å². The SMILES string of the molecule is CCNC(=O)N1CCN(CC2=C(C(=O)OCC)C(c3cc(C)ccc3C)NC(=O)N2CC)CC1C. The van der Waals surface area contributed by atoms with Crippen LogP contribution in [0.1, 0.15) is 50.4 Å². The number of urea groups is 2. The van der Waals surface area contributed by atoms with Gasteiger partial charge in [0.25, 0.3) is 0 Å². The van der Waals surface area contributed by atoms with Crippen LogP contribution >= 0.6 is 0 Å². The minimum Gasteiger partial charge on any atom is -0.463 e. The second kappa shape index (κ2) is 11.6. The molecule has 2 heterocycles. The van der Waals surface area contributed by atoms with Crippen molar-refractivity contribution in [3.8, 4) is 0 Å². The molecule has 4 amide bonds. The first-order valence-corrected chi connectivity index (χ1v) is 12.5. The van der Waals surface area contributed by atoms with Gasteiger partial charge in [-0.3, -0.25) is 9.80 Å². The summed E-state index contributed by atoms with van der Waals surface area (Å²) in [7, 11) is 0. The summed E-state index contributed by atoms with van der Waals surface area (Å²) in [4.78, 5) is 44.6. The third-order valence-electron chi connectivity index (χ3n) is 6.67. The van der Waals surface area contributed by atoms with E-state index in [9.17, 15) is 14.4 Å². The van der Waals surface area contributed by atoms with Gasteiger partial charge in [0.2, 0.25) is 0 Å². The lowest BCUT2D eigenvalue weighted by atomic mass is 9.90. The average Bonchev–Trinajstić information content (AvgIpc) is 2.80. The van der Waals surface area contributed by atoms with Gasteiger partial charge in [-0.1, -0.05) is 23.8 Å². The fourth-order valence-corrected chi connectivity index (χ4v) is 4.90. The number of amides is 4. The smallest absolute Gasteiger partial charge is 0.338 e. The van der Waals surface area contributed by atoms with Crippen molar-refractivity contribution in [1.29, 1.82) is 0 Å². The average molecular weight is 486 g/mol. The first-order valence-electron chi connectivity index (χ1n) is 12.5.